The van der Waals surface area contributed by atoms with E-state index in [1.54, 1.807) is 0 Å². The van der Waals surface area contributed by atoms with Crippen LogP contribution in [0, 0.1) is 11.3 Å². The summed E-state index contributed by atoms with van der Waals surface area (Å²) in [7, 11) is 0. The van der Waals surface area contributed by atoms with E-state index in [-0.39, 0.29) is 21.6 Å². The second kappa shape index (κ2) is 4.92. The molecule has 3 rings (SSSR count). The Morgan fingerprint density at radius 3 is 2.38 bits per heavy atom. The number of benzene rings is 1. The lowest BCUT2D eigenvalue weighted by molar-refractivity contribution is -0.137. The molecule has 0 spiro atoms. The Morgan fingerprint density at radius 2 is 1.86 bits per heavy atom. The monoisotopic (exact) mass is 313 g/mol. The first-order valence-corrected chi connectivity index (χ1v) is 7.76. The van der Waals surface area contributed by atoms with E-state index < -0.39 is 17.3 Å². The van der Waals surface area contributed by atoms with Crippen molar-refractivity contribution in [3.05, 3.63) is 34.9 Å². The molecule has 2 saturated heterocycles. The standard InChI is InChI=1S/C15H14F3NOS/c16-15(17,18)10-2-1-9(8-19)13(5-10)14(20)6-11-3-4-12(7-14)21-11/h1-2,5,11-12,20H,3-4,6-7H2. The summed E-state index contributed by atoms with van der Waals surface area (Å²) >= 11 is 1.81. The van der Waals surface area contributed by atoms with E-state index in [0.717, 1.165) is 25.0 Å². The second-order valence-electron chi connectivity index (χ2n) is 5.77. The SMILES string of the molecule is N#Cc1ccc(C(F)(F)F)cc1C1(O)CC2CCC(C1)S2. The zero-order valence-electron chi connectivity index (χ0n) is 11.2. The van der Waals surface area contributed by atoms with Gasteiger partial charge in [0.25, 0.3) is 0 Å². The molecular formula is C15H14F3NOS. The van der Waals surface area contributed by atoms with Crippen LogP contribution in [-0.2, 0) is 11.8 Å². The van der Waals surface area contributed by atoms with Gasteiger partial charge in [0, 0.05) is 16.1 Å². The molecule has 0 aromatic heterocycles. The zero-order valence-corrected chi connectivity index (χ0v) is 12.0. The number of alkyl halides is 3. The van der Waals surface area contributed by atoms with Gasteiger partial charge in [0.2, 0.25) is 0 Å². The van der Waals surface area contributed by atoms with Crippen LogP contribution in [0.3, 0.4) is 0 Å². The third kappa shape index (κ3) is 2.65. The number of aliphatic hydroxyl groups is 1. The van der Waals surface area contributed by atoms with Crippen LogP contribution in [0.15, 0.2) is 18.2 Å². The summed E-state index contributed by atoms with van der Waals surface area (Å²) in [4.78, 5) is 0. The van der Waals surface area contributed by atoms with E-state index in [0.29, 0.717) is 12.8 Å². The summed E-state index contributed by atoms with van der Waals surface area (Å²) in [5, 5.41) is 20.6. The molecule has 1 aromatic rings. The molecule has 0 radical (unpaired) electrons. The van der Waals surface area contributed by atoms with Crippen LogP contribution < -0.4 is 0 Å². The van der Waals surface area contributed by atoms with E-state index in [4.69, 9.17) is 5.26 Å². The lowest BCUT2D eigenvalue weighted by Gasteiger charge is -2.37. The maximum Gasteiger partial charge on any atom is 0.416 e. The predicted octanol–water partition coefficient (Wildman–Crippen LogP) is 3.82. The summed E-state index contributed by atoms with van der Waals surface area (Å²) in [5.41, 5.74) is -1.85. The molecule has 6 heteroatoms. The van der Waals surface area contributed by atoms with E-state index in [1.165, 1.54) is 6.07 Å². The quantitative estimate of drug-likeness (QED) is 0.857. The Balaban J connectivity index is 2.06. The number of nitrogens with zero attached hydrogens (tertiary/aromatic N) is 1. The van der Waals surface area contributed by atoms with E-state index in [9.17, 15) is 18.3 Å². The smallest absolute Gasteiger partial charge is 0.385 e. The van der Waals surface area contributed by atoms with Gasteiger partial charge in [-0.25, -0.2) is 0 Å². The van der Waals surface area contributed by atoms with Crippen LogP contribution in [-0.4, -0.2) is 15.6 Å². The maximum atomic E-state index is 12.9. The fourth-order valence-corrected chi connectivity index (χ4v) is 5.17. The predicted molar refractivity (Wildman–Crippen MR) is 73.7 cm³/mol. The highest BCUT2D eigenvalue weighted by molar-refractivity contribution is 8.00. The Labute approximate surface area is 125 Å². The molecule has 2 nitrogen and oxygen atoms in total. The molecule has 2 atom stereocenters. The Morgan fingerprint density at radius 1 is 1.24 bits per heavy atom. The molecule has 0 amide bonds. The largest absolute Gasteiger partial charge is 0.416 e. The van der Waals surface area contributed by atoms with Crippen LogP contribution in [0.1, 0.15) is 42.4 Å². The zero-order chi connectivity index (χ0) is 15.3. The lowest BCUT2D eigenvalue weighted by Crippen LogP contribution is -2.35. The highest BCUT2D eigenvalue weighted by atomic mass is 32.2. The van der Waals surface area contributed by atoms with Crippen LogP contribution in [0.2, 0.25) is 0 Å². The van der Waals surface area contributed by atoms with Crippen molar-refractivity contribution in [1.82, 2.24) is 0 Å². The van der Waals surface area contributed by atoms with Gasteiger partial charge < -0.3 is 5.11 Å². The van der Waals surface area contributed by atoms with Gasteiger partial charge in [-0.3, -0.25) is 0 Å². The minimum Gasteiger partial charge on any atom is -0.385 e. The highest BCUT2D eigenvalue weighted by Gasteiger charge is 2.46. The van der Waals surface area contributed by atoms with E-state index in [2.05, 4.69) is 0 Å². The van der Waals surface area contributed by atoms with Gasteiger partial charge in [0.05, 0.1) is 22.8 Å². The molecule has 112 valence electrons. The number of thioether (sulfide) groups is 1. The number of rotatable bonds is 1. The number of nitriles is 1. The van der Waals surface area contributed by atoms with Gasteiger partial charge in [-0.1, -0.05) is 0 Å². The third-order valence-corrected chi connectivity index (χ3v) is 5.87. The van der Waals surface area contributed by atoms with Crippen molar-refractivity contribution in [1.29, 1.82) is 5.26 Å². The molecule has 2 fully saturated rings. The lowest BCUT2D eigenvalue weighted by atomic mass is 9.82. The molecule has 1 N–H and O–H groups in total. The van der Waals surface area contributed by atoms with Crippen LogP contribution in [0.5, 0.6) is 0 Å². The van der Waals surface area contributed by atoms with Crippen molar-refractivity contribution in [3.63, 3.8) is 0 Å². The number of hydrogen-bond acceptors (Lipinski definition) is 3. The second-order valence-corrected chi connectivity index (χ2v) is 7.37. The van der Waals surface area contributed by atoms with Crippen molar-refractivity contribution in [2.45, 2.75) is 48.0 Å². The summed E-state index contributed by atoms with van der Waals surface area (Å²) < 4.78 is 38.7. The number of fused-ring (bicyclic) bond motifs is 2. The molecule has 2 bridgehead atoms. The molecular weight excluding hydrogens is 299 g/mol. The minimum atomic E-state index is -4.47. The van der Waals surface area contributed by atoms with Crippen molar-refractivity contribution in [3.8, 4) is 6.07 Å². The fourth-order valence-electron chi connectivity index (χ4n) is 3.34. The van der Waals surface area contributed by atoms with Gasteiger partial charge in [-0.05, 0) is 43.9 Å². The fraction of sp³-hybridized carbons (Fsp3) is 0.533. The summed E-state index contributed by atoms with van der Waals surface area (Å²) in [5.74, 6) is 0. The summed E-state index contributed by atoms with van der Waals surface area (Å²) in [6.45, 7) is 0. The summed E-state index contributed by atoms with van der Waals surface area (Å²) in [6, 6.07) is 4.93. The Kier molecular flexibility index (Phi) is 3.45. The van der Waals surface area contributed by atoms with Gasteiger partial charge >= 0.3 is 6.18 Å². The average Bonchev–Trinajstić information content (AvgIpc) is 2.77. The van der Waals surface area contributed by atoms with Gasteiger partial charge in [0.15, 0.2) is 0 Å². The van der Waals surface area contributed by atoms with Gasteiger partial charge in [-0.15, -0.1) is 0 Å². The van der Waals surface area contributed by atoms with E-state index in [1.807, 2.05) is 17.8 Å². The topological polar surface area (TPSA) is 44.0 Å². The molecule has 0 aliphatic carbocycles. The Bertz CT molecular complexity index is 596. The van der Waals surface area contributed by atoms with E-state index >= 15 is 0 Å². The molecule has 2 heterocycles. The van der Waals surface area contributed by atoms with Crippen LogP contribution in [0.4, 0.5) is 13.2 Å². The van der Waals surface area contributed by atoms with Crippen LogP contribution >= 0.6 is 11.8 Å². The van der Waals surface area contributed by atoms with Crippen molar-refractivity contribution in [2.24, 2.45) is 0 Å². The first kappa shape index (κ1) is 14.7. The van der Waals surface area contributed by atoms with Gasteiger partial charge in [0.1, 0.15) is 0 Å². The Hall–Kier alpha value is -1.19. The van der Waals surface area contributed by atoms with Gasteiger partial charge in [-0.2, -0.15) is 30.2 Å². The minimum absolute atomic E-state index is 0.136. The molecule has 2 aliphatic rings. The normalized spacial score (nSPS) is 32.0. The maximum absolute atomic E-state index is 12.9. The third-order valence-electron chi connectivity index (χ3n) is 4.29. The summed E-state index contributed by atoms with van der Waals surface area (Å²) in [6.07, 6.45) is -1.66. The number of halogens is 3. The van der Waals surface area contributed by atoms with Crippen molar-refractivity contribution in [2.75, 3.05) is 0 Å². The highest BCUT2D eigenvalue weighted by Crippen LogP contribution is 2.52. The average molecular weight is 313 g/mol. The number of hydrogen-bond donors (Lipinski definition) is 1. The molecule has 0 saturated carbocycles. The first-order chi connectivity index (χ1) is 9.82. The van der Waals surface area contributed by atoms with Crippen molar-refractivity contribution < 1.29 is 18.3 Å². The molecule has 2 unspecified atom stereocenters. The van der Waals surface area contributed by atoms with Crippen LogP contribution in [0.25, 0.3) is 0 Å². The van der Waals surface area contributed by atoms with Crippen molar-refractivity contribution >= 4 is 11.8 Å². The molecule has 1 aromatic carbocycles. The molecule has 2 aliphatic heterocycles. The first-order valence-electron chi connectivity index (χ1n) is 6.81. The molecule has 21 heavy (non-hydrogen) atoms.